The number of alkyl carbamates (subject to hydrolysis) is 1. The highest BCUT2D eigenvalue weighted by atomic mass is 19.4. The molecular formula is C20H18F5NO3. The Bertz CT molecular complexity index is 805. The molecule has 156 valence electrons. The van der Waals surface area contributed by atoms with Gasteiger partial charge >= 0.3 is 18.4 Å². The third-order valence-corrected chi connectivity index (χ3v) is 3.56. The van der Waals surface area contributed by atoms with E-state index in [1.807, 2.05) is 30.3 Å². The number of nitrogens with one attached hydrogen (secondary N) is 1. The average molecular weight is 415 g/mol. The van der Waals surface area contributed by atoms with Crippen molar-refractivity contribution in [2.75, 3.05) is 6.54 Å². The third kappa shape index (κ3) is 7.44. The molecule has 2 aromatic carbocycles. The van der Waals surface area contributed by atoms with Crippen LogP contribution in [0.2, 0.25) is 0 Å². The van der Waals surface area contributed by atoms with Crippen molar-refractivity contribution in [2.24, 2.45) is 0 Å². The molecule has 0 unspecified atom stereocenters. The number of halogens is 5. The maximum Gasteiger partial charge on any atom is 0.499 e. The summed E-state index contributed by atoms with van der Waals surface area (Å²) in [5.74, 6) is -0.604. The number of carbonyl (C=O) groups is 1. The number of amides is 1. The van der Waals surface area contributed by atoms with Gasteiger partial charge in [0.25, 0.3) is 0 Å². The minimum atomic E-state index is -5.79. The Morgan fingerprint density at radius 1 is 0.966 bits per heavy atom. The molecule has 1 amide bonds. The Balaban J connectivity index is 1.70. The fourth-order valence-electron chi connectivity index (χ4n) is 2.10. The number of ether oxygens (including phenoxy) is 2. The maximum atomic E-state index is 12.8. The molecule has 29 heavy (non-hydrogen) atoms. The van der Waals surface area contributed by atoms with Gasteiger partial charge in [0.2, 0.25) is 0 Å². The van der Waals surface area contributed by atoms with E-state index in [2.05, 4.69) is 10.1 Å². The van der Waals surface area contributed by atoms with Gasteiger partial charge in [0.05, 0.1) is 0 Å². The van der Waals surface area contributed by atoms with Crippen LogP contribution >= 0.6 is 0 Å². The number of rotatable bonds is 8. The number of hydrogen-bond donors (Lipinski definition) is 1. The fourth-order valence-corrected chi connectivity index (χ4v) is 2.10. The van der Waals surface area contributed by atoms with Crippen LogP contribution in [0.25, 0.3) is 6.08 Å². The van der Waals surface area contributed by atoms with Gasteiger partial charge in [-0.1, -0.05) is 54.6 Å². The lowest BCUT2D eigenvalue weighted by atomic mass is 10.2. The van der Waals surface area contributed by atoms with E-state index in [0.717, 1.165) is 17.7 Å². The van der Waals surface area contributed by atoms with E-state index >= 15 is 0 Å². The van der Waals surface area contributed by atoms with Crippen molar-refractivity contribution in [3.63, 3.8) is 0 Å². The smallest absolute Gasteiger partial charge is 0.445 e. The first-order valence-corrected chi connectivity index (χ1v) is 8.52. The summed E-state index contributed by atoms with van der Waals surface area (Å²) in [7, 11) is 0. The highest BCUT2D eigenvalue weighted by Crippen LogP contribution is 2.37. The zero-order valence-corrected chi connectivity index (χ0v) is 15.1. The molecule has 0 spiro atoms. The summed E-state index contributed by atoms with van der Waals surface area (Å²) in [6.07, 6.45) is -7.81. The molecule has 0 aromatic heterocycles. The average Bonchev–Trinajstić information content (AvgIpc) is 2.67. The Kier molecular flexibility index (Phi) is 7.58. The molecule has 0 aliphatic carbocycles. The molecule has 4 nitrogen and oxygen atoms in total. The van der Waals surface area contributed by atoms with Gasteiger partial charge in [-0.25, -0.2) is 4.79 Å². The summed E-state index contributed by atoms with van der Waals surface area (Å²) in [6.45, 7) is 0.466. The van der Waals surface area contributed by atoms with E-state index in [4.69, 9.17) is 4.74 Å². The Morgan fingerprint density at radius 2 is 1.62 bits per heavy atom. The van der Waals surface area contributed by atoms with Gasteiger partial charge < -0.3 is 14.8 Å². The number of benzene rings is 2. The van der Waals surface area contributed by atoms with E-state index in [-0.39, 0.29) is 6.61 Å². The molecule has 0 aliphatic heterocycles. The summed E-state index contributed by atoms with van der Waals surface area (Å²) in [5.41, 5.74) is 1.43. The van der Waals surface area contributed by atoms with Crippen molar-refractivity contribution < 1.29 is 36.2 Å². The van der Waals surface area contributed by atoms with Crippen LogP contribution in [0, 0.1) is 0 Å². The predicted molar refractivity (Wildman–Crippen MR) is 96.4 cm³/mol. The number of hydrogen-bond acceptors (Lipinski definition) is 3. The second-order valence-corrected chi connectivity index (χ2v) is 5.87. The molecule has 0 heterocycles. The van der Waals surface area contributed by atoms with Gasteiger partial charge in [0.15, 0.2) is 0 Å². The summed E-state index contributed by atoms with van der Waals surface area (Å²) >= 11 is 0. The van der Waals surface area contributed by atoms with Crippen LogP contribution in [0.5, 0.6) is 5.75 Å². The summed E-state index contributed by atoms with van der Waals surface area (Å²) < 4.78 is 70.7. The highest BCUT2D eigenvalue weighted by Gasteiger charge is 2.61. The lowest BCUT2D eigenvalue weighted by Gasteiger charge is -2.20. The van der Waals surface area contributed by atoms with Crippen molar-refractivity contribution in [3.05, 3.63) is 71.8 Å². The minimum absolute atomic E-state index is 0.157. The van der Waals surface area contributed by atoms with Gasteiger partial charge in [-0.2, -0.15) is 22.0 Å². The maximum absolute atomic E-state index is 12.8. The van der Waals surface area contributed by atoms with Crippen molar-refractivity contribution in [2.45, 2.75) is 25.3 Å². The molecule has 0 bridgehead atoms. The van der Waals surface area contributed by atoms with Crippen LogP contribution < -0.4 is 10.1 Å². The normalized spacial score (nSPS) is 12.0. The van der Waals surface area contributed by atoms with Crippen LogP contribution in [0.15, 0.2) is 60.7 Å². The molecule has 0 saturated carbocycles. The number of carbonyl (C=O) groups excluding carboxylic acids is 1. The molecule has 2 rings (SSSR count). The van der Waals surface area contributed by atoms with E-state index in [9.17, 15) is 26.7 Å². The topological polar surface area (TPSA) is 47.6 Å². The Morgan fingerprint density at radius 3 is 2.24 bits per heavy atom. The largest absolute Gasteiger partial charge is 0.499 e. The standard InChI is InChI=1S/C20H18F5NO3/c21-19(22,23)20(24,25)29-17-11-9-15(10-12-17)6-4-5-13-26-18(27)28-14-16-7-2-1-3-8-16/h1-4,6-12H,5,13-14H2,(H,26,27). The molecule has 9 heteroatoms. The van der Waals surface area contributed by atoms with Crippen LogP contribution in [0.1, 0.15) is 17.5 Å². The van der Waals surface area contributed by atoms with Gasteiger partial charge in [0, 0.05) is 6.54 Å². The summed E-state index contributed by atoms with van der Waals surface area (Å²) in [5, 5.41) is 2.57. The van der Waals surface area contributed by atoms with E-state index in [1.165, 1.54) is 12.1 Å². The van der Waals surface area contributed by atoms with Crippen molar-refractivity contribution in [1.29, 1.82) is 0 Å². The van der Waals surface area contributed by atoms with Crippen LogP contribution in [0.4, 0.5) is 26.7 Å². The molecule has 2 aromatic rings. The molecule has 1 N–H and O–H groups in total. The fraction of sp³-hybridized carbons (Fsp3) is 0.250. The lowest BCUT2D eigenvalue weighted by molar-refractivity contribution is -0.360. The van der Waals surface area contributed by atoms with E-state index < -0.39 is 24.1 Å². The lowest BCUT2D eigenvalue weighted by Crippen LogP contribution is -2.41. The zero-order valence-electron chi connectivity index (χ0n) is 15.1. The Hall–Kier alpha value is -3.10. The first kappa shape index (κ1) is 22.2. The monoisotopic (exact) mass is 415 g/mol. The minimum Gasteiger partial charge on any atom is -0.445 e. The molecule has 0 fully saturated rings. The summed E-state index contributed by atoms with van der Waals surface area (Å²) in [4.78, 5) is 11.6. The summed E-state index contributed by atoms with van der Waals surface area (Å²) in [6, 6.07) is 13.9. The quantitative estimate of drug-likeness (QED) is 0.454. The van der Waals surface area contributed by atoms with Crippen molar-refractivity contribution >= 4 is 12.2 Å². The molecule has 0 radical (unpaired) electrons. The second kappa shape index (κ2) is 9.90. The van der Waals surface area contributed by atoms with Gasteiger partial charge in [0.1, 0.15) is 12.4 Å². The molecular weight excluding hydrogens is 397 g/mol. The third-order valence-electron chi connectivity index (χ3n) is 3.56. The van der Waals surface area contributed by atoms with Crippen LogP contribution in [-0.4, -0.2) is 24.9 Å². The first-order valence-electron chi connectivity index (χ1n) is 8.52. The predicted octanol–water partition coefficient (Wildman–Crippen LogP) is 5.55. The van der Waals surface area contributed by atoms with E-state index in [0.29, 0.717) is 18.5 Å². The highest BCUT2D eigenvalue weighted by molar-refractivity contribution is 5.67. The molecule has 0 aliphatic rings. The van der Waals surface area contributed by atoms with Crippen LogP contribution in [-0.2, 0) is 11.3 Å². The van der Waals surface area contributed by atoms with Gasteiger partial charge in [-0.15, -0.1) is 0 Å². The zero-order chi connectivity index (χ0) is 21.3. The SMILES string of the molecule is O=C(NCCC=Cc1ccc(OC(F)(F)C(F)(F)F)cc1)OCc1ccccc1. The van der Waals surface area contributed by atoms with Crippen molar-refractivity contribution in [3.8, 4) is 5.75 Å². The van der Waals surface area contributed by atoms with Crippen molar-refractivity contribution in [1.82, 2.24) is 5.32 Å². The molecule has 0 saturated heterocycles. The van der Waals surface area contributed by atoms with Gasteiger partial charge in [-0.3, -0.25) is 0 Å². The molecule has 0 atom stereocenters. The van der Waals surface area contributed by atoms with Crippen LogP contribution in [0.3, 0.4) is 0 Å². The number of alkyl halides is 5. The first-order chi connectivity index (χ1) is 13.7. The van der Waals surface area contributed by atoms with E-state index in [1.54, 1.807) is 12.2 Å². The Labute approximate surface area is 163 Å². The van der Waals surface area contributed by atoms with Gasteiger partial charge in [-0.05, 0) is 29.7 Å². The second-order valence-electron chi connectivity index (χ2n) is 5.87.